The summed E-state index contributed by atoms with van der Waals surface area (Å²) in [4.78, 5) is 28.6. The number of ether oxygens (including phenoxy) is 2. The number of nitrogens with zero attached hydrogens (tertiary/aromatic N) is 1. The van der Waals surface area contributed by atoms with Crippen LogP contribution in [0.15, 0.2) is 24.3 Å². The number of amides is 1. The SMILES string of the molecule is COCC(C)NC(=O)COC(=O)c1c(C)nc2ccccc2c1C. The predicted molar refractivity (Wildman–Crippen MR) is 91.0 cm³/mol. The zero-order valence-corrected chi connectivity index (χ0v) is 14.4. The smallest absolute Gasteiger partial charge is 0.340 e. The Morgan fingerprint density at radius 3 is 2.67 bits per heavy atom. The molecule has 0 bridgehead atoms. The van der Waals surface area contributed by atoms with Crippen LogP contribution in [0.2, 0.25) is 0 Å². The summed E-state index contributed by atoms with van der Waals surface area (Å²) in [7, 11) is 1.56. The molecule has 6 heteroatoms. The van der Waals surface area contributed by atoms with Crippen LogP contribution in [0.5, 0.6) is 0 Å². The Morgan fingerprint density at radius 1 is 1.25 bits per heavy atom. The quantitative estimate of drug-likeness (QED) is 0.821. The van der Waals surface area contributed by atoms with E-state index < -0.39 is 5.97 Å². The zero-order chi connectivity index (χ0) is 17.7. The predicted octanol–water partition coefficient (Wildman–Crippen LogP) is 2.16. The molecule has 1 unspecified atom stereocenters. The fraction of sp³-hybridized carbons (Fsp3) is 0.389. The first-order valence-corrected chi connectivity index (χ1v) is 7.75. The van der Waals surface area contributed by atoms with E-state index in [2.05, 4.69) is 10.3 Å². The van der Waals surface area contributed by atoms with Crippen molar-refractivity contribution >= 4 is 22.8 Å². The van der Waals surface area contributed by atoms with Gasteiger partial charge in [-0.1, -0.05) is 18.2 Å². The highest BCUT2D eigenvalue weighted by Crippen LogP contribution is 2.23. The number of pyridine rings is 1. The second kappa shape index (κ2) is 7.88. The van der Waals surface area contributed by atoms with Crippen LogP contribution in [0.1, 0.15) is 28.5 Å². The summed E-state index contributed by atoms with van der Waals surface area (Å²) in [5, 5.41) is 3.59. The Kier molecular flexibility index (Phi) is 5.87. The number of aromatic nitrogens is 1. The van der Waals surface area contributed by atoms with Gasteiger partial charge in [0.05, 0.1) is 23.4 Å². The van der Waals surface area contributed by atoms with Gasteiger partial charge in [0.2, 0.25) is 0 Å². The van der Waals surface area contributed by atoms with Crippen LogP contribution in [0.4, 0.5) is 0 Å². The van der Waals surface area contributed by atoms with Crippen LogP contribution in [-0.2, 0) is 14.3 Å². The molecule has 1 N–H and O–H groups in total. The molecular formula is C18H22N2O4. The summed E-state index contributed by atoms with van der Waals surface area (Å²) < 4.78 is 10.1. The van der Waals surface area contributed by atoms with Crippen LogP contribution < -0.4 is 5.32 Å². The van der Waals surface area contributed by atoms with Crippen LogP contribution in [0.25, 0.3) is 10.9 Å². The van der Waals surface area contributed by atoms with Crippen LogP contribution in [0, 0.1) is 13.8 Å². The standard InChI is InChI=1S/C18H22N2O4/c1-11(9-23-4)19-16(21)10-24-18(22)17-12(2)14-7-5-6-8-15(14)20-13(17)3/h5-8,11H,9-10H2,1-4H3,(H,19,21). The monoisotopic (exact) mass is 330 g/mol. The third kappa shape index (κ3) is 4.08. The van der Waals surface area contributed by atoms with E-state index >= 15 is 0 Å². The number of rotatable bonds is 6. The van der Waals surface area contributed by atoms with Gasteiger partial charge in [-0.2, -0.15) is 0 Å². The van der Waals surface area contributed by atoms with Crippen molar-refractivity contribution in [3.05, 3.63) is 41.1 Å². The van der Waals surface area contributed by atoms with Crippen LogP contribution >= 0.6 is 0 Å². The first-order chi connectivity index (χ1) is 11.4. The van der Waals surface area contributed by atoms with Gasteiger partial charge in [-0.15, -0.1) is 0 Å². The first kappa shape index (κ1) is 17.9. The Morgan fingerprint density at radius 2 is 1.96 bits per heavy atom. The topological polar surface area (TPSA) is 77.5 Å². The molecule has 0 saturated heterocycles. The maximum atomic E-state index is 12.4. The molecule has 0 aliphatic heterocycles. The zero-order valence-electron chi connectivity index (χ0n) is 14.4. The minimum Gasteiger partial charge on any atom is -0.452 e. The van der Waals surface area contributed by atoms with E-state index in [1.165, 1.54) is 0 Å². The van der Waals surface area contributed by atoms with Crippen molar-refractivity contribution in [3.63, 3.8) is 0 Å². The number of carbonyl (C=O) groups is 2. The number of fused-ring (bicyclic) bond motifs is 1. The average molecular weight is 330 g/mol. The normalized spacial score (nSPS) is 12.0. The van der Waals surface area contributed by atoms with Crippen molar-refractivity contribution in [2.75, 3.05) is 20.3 Å². The molecule has 0 spiro atoms. The molecule has 1 aromatic carbocycles. The van der Waals surface area contributed by atoms with Crippen LogP contribution in [0.3, 0.4) is 0 Å². The van der Waals surface area contributed by atoms with Gasteiger partial charge in [0.25, 0.3) is 5.91 Å². The number of hydrogen-bond donors (Lipinski definition) is 1. The van der Waals surface area contributed by atoms with Crippen molar-refractivity contribution in [3.8, 4) is 0 Å². The van der Waals surface area contributed by atoms with Crippen molar-refractivity contribution in [2.45, 2.75) is 26.8 Å². The molecule has 1 aromatic heterocycles. The Bertz CT molecular complexity index is 758. The van der Waals surface area contributed by atoms with Crippen LogP contribution in [-0.4, -0.2) is 43.2 Å². The summed E-state index contributed by atoms with van der Waals surface area (Å²) >= 11 is 0. The third-order valence-corrected chi connectivity index (χ3v) is 3.70. The average Bonchev–Trinajstić information content (AvgIpc) is 2.53. The van der Waals surface area contributed by atoms with Gasteiger partial charge in [0, 0.05) is 18.5 Å². The molecule has 0 radical (unpaired) electrons. The minimum atomic E-state index is -0.544. The van der Waals surface area contributed by atoms with E-state index in [1.807, 2.05) is 38.1 Å². The molecule has 128 valence electrons. The van der Waals surface area contributed by atoms with Gasteiger partial charge < -0.3 is 14.8 Å². The van der Waals surface area contributed by atoms with E-state index in [0.29, 0.717) is 17.9 Å². The Labute approximate surface area is 141 Å². The van der Waals surface area contributed by atoms with E-state index in [1.54, 1.807) is 14.0 Å². The van der Waals surface area contributed by atoms with Crippen molar-refractivity contribution < 1.29 is 19.1 Å². The van der Waals surface area contributed by atoms with Crippen molar-refractivity contribution in [2.24, 2.45) is 0 Å². The second-order valence-electron chi connectivity index (χ2n) is 5.71. The number of esters is 1. The Hall–Kier alpha value is -2.47. The summed E-state index contributed by atoms with van der Waals surface area (Å²) in [5.74, 6) is -0.908. The molecule has 0 saturated carbocycles. The number of aryl methyl sites for hydroxylation is 2. The highest BCUT2D eigenvalue weighted by atomic mass is 16.5. The highest BCUT2D eigenvalue weighted by Gasteiger charge is 2.19. The molecular weight excluding hydrogens is 308 g/mol. The maximum absolute atomic E-state index is 12.4. The van der Waals surface area contributed by atoms with E-state index in [0.717, 1.165) is 16.5 Å². The molecule has 0 fully saturated rings. The molecule has 6 nitrogen and oxygen atoms in total. The maximum Gasteiger partial charge on any atom is 0.340 e. The summed E-state index contributed by atoms with van der Waals surface area (Å²) in [6.45, 7) is 5.49. The number of carbonyl (C=O) groups excluding carboxylic acids is 2. The first-order valence-electron chi connectivity index (χ1n) is 7.75. The van der Waals surface area contributed by atoms with Gasteiger partial charge in [0.15, 0.2) is 6.61 Å². The molecule has 1 atom stereocenters. The van der Waals surface area contributed by atoms with Crippen molar-refractivity contribution in [1.82, 2.24) is 10.3 Å². The van der Waals surface area contributed by atoms with Gasteiger partial charge in [0.1, 0.15) is 0 Å². The van der Waals surface area contributed by atoms with E-state index in [9.17, 15) is 9.59 Å². The molecule has 2 rings (SSSR count). The largest absolute Gasteiger partial charge is 0.452 e. The summed E-state index contributed by atoms with van der Waals surface area (Å²) in [6, 6.07) is 7.46. The van der Waals surface area contributed by atoms with Gasteiger partial charge in [-0.05, 0) is 32.4 Å². The molecule has 1 heterocycles. The molecule has 2 aromatic rings. The lowest BCUT2D eigenvalue weighted by atomic mass is 10.0. The minimum absolute atomic E-state index is 0.146. The lowest BCUT2D eigenvalue weighted by Crippen LogP contribution is -2.38. The molecule has 0 aliphatic rings. The highest BCUT2D eigenvalue weighted by molar-refractivity contribution is 5.99. The molecule has 1 amide bonds. The number of benzene rings is 1. The van der Waals surface area contributed by atoms with Crippen molar-refractivity contribution in [1.29, 1.82) is 0 Å². The third-order valence-electron chi connectivity index (χ3n) is 3.70. The number of para-hydroxylation sites is 1. The summed E-state index contributed by atoms with van der Waals surface area (Å²) in [5.41, 5.74) is 2.63. The van der Waals surface area contributed by atoms with Gasteiger partial charge in [-0.3, -0.25) is 9.78 Å². The van der Waals surface area contributed by atoms with Gasteiger partial charge >= 0.3 is 5.97 Å². The fourth-order valence-electron chi connectivity index (χ4n) is 2.64. The lowest BCUT2D eigenvalue weighted by molar-refractivity contribution is -0.125. The number of hydrogen-bond acceptors (Lipinski definition) is 5. The number of methoxy groups -OCH3 is 1. The fourth-order valence-corrected chi connectivity index (χ4v) is 2.64. The van der Waals surface area contributed by atoms with E-state index in [-0.39, 0.29) is 18.6 Å². The van der Waals surface area contributed by atoms with Gasteiger partial charge in [-0.25, -0.2) is 4.79 Å². The number of nitrogens with one attached hydrogen (secondary N) is 1. The lowest BCUT2D eigenvalue weighted by Gasteiger charge is -2.14. The molecule has 0 aliphatic carbocycles. The Balaban J connectivity index is 2.10. The molecule has 24 heavy (non-hydrogen) atoms. The second-order valence-corrected chi connectivity index (χ2v) is 5.71. The van der Waals surface area contributed by atoms with E-state index in [4.69, 9.17) is 9.47 Å². The summed E-state index contributed by atoms with van der Waals surface area (Å²) in [6.07, 6.45) is 0.